The fourth-order valence-corrected chi connectivity index (χ4v) is 2.73. The number of ether oxygens (including phenoxy) is 1. The van der Waals surface area contributed by atoms with Crippen LogP contribution in [0.2, 0.25) is 0 Å². The lowest BCUT2D eigenvalue weighted by Gasteiger charge is -2.08. The first-order valence-corrected chi connectivity index (χ1v) is 7.56. The van der Waals surface area contributed by atoms with E-state index in [0.717, 1.165) is 18.7 Å². The van der Waals surface area contributed by atoms with Crippen LogP contribution in [0.3, 0.4) is 0 Å². The fraction of sp³-hybridized carbons (Fsp3) is 0.278. The van der Waals surface area contributed by atoms with Crippen molar-refractivity contribution >= 4 is 18.3 Å². The van der Waals surface area contributed by atoms with E-state index in [4.69, 9.17) is 4.74 Å². The molecule has 0 aromatic heterocycles. The maximum atomic E-state index is 13.6. The molecule has 1 aliphatic heterocycles. The molecule has 24 heavy (non-hydrogen) atoms. The maximum Gasteiger partial charge on any atom is 0.224 e. The standard InChI is InChI=1S/C18H19FN2O2.ClH/c1-23-17-5-3-12(7-16(17)19)8-18(22)21-9-13-2-4-14-10-20-11-15(14)6-13;/h2-7,20H,8-11H2,1H3,(H,21,22);1H. The van der Waals surface area contributed by atoms with Gasteiger partial charge >= 0.3 is 0 Å². The average molecular weight is 351 g/mol. The number of hydrogen-bond donors (Lipinski definition) is 2. The Kier molecular flexibility index (Phi) is 6.17. The second-order valence-electron chi connectivity index (χ2n) is 5.63. The van der Waals surface area contributed by atoms with Gasteiger partial charge in [-0.15, -0.1) is 12.4 Å². The van der Waals surface area contributed by atoms with Crippen molar-refractivity contribution in [1.82, 2.24) is 10.6 Å². The zero-order chi connectivity index (χ0) is 16.2. The molecule has 0 aliphatic carbocycles. The minimum atomic E-state index is -0.455. The average Bonchev–Trinajstić information content (AvgIpc) is 3.01. The molecule has 2 aromatic rings. The second-order valence-corrected chi connectivity index (χ2v) is 5.63. The van der Waals surface area contributed by atoms with Gasteiger partial charge in [0.25, 0.3) is 0 Å². The van der Waals surface area contributed by atoms with Crippen molar-refractivity contribution in [3.05, 3.63) is 64.5 Å². The van der Waals surface area contributed by atoms with E-state index in [9.17, 15) is 9.18 Å². The normalized spacial score (nSPS) is 12.2. The first kappa shape index (κ1) is 18.2. The zero-order valence-corrected chi connectivity index (χ0v) is 14.2. The van der Waals surface area contributed by atoms with Crippen LogP contribution in [-0.2, 0) is 30.8 Å². The molecule has 128 valence electrons. The van der Waals surface area contributed by atoms with Crippen LogP contribution in [0.4, 0.5) is 4.39 Å². The van der Waals surface area contributed by atoms with E-state index in [1.165, 1.54) is 30.4 Å². The van der Waals surface area contributed by atoms with Gasteiger partial charge in [0, 0.05) is 19.6 Å². The van der Waals surface area contributed by atoms with Crippen LogP contribution >= 0.6 is 12.4 Å². The molecule has 0 spiro atoms. The fourth-order valence-electron chi connectivity index (χ4n) is 2.73. The largest absolute Gasteiger partial charge is 0.494 e. The predicted molar refractivity (Wildman–Crippen MR) is 92.7 cm³/mol. The summed E-state index contributed by atoms with van der Waals surface area (Å²) < 4.78 is 18.5. The van der Waals surface area contributed by atoms with Crippen LogP contribution in [0.15, 0.2) is 36.4 Å². The van der Waals surface area contributed by atoms with E-state index in [-0.39, 0.29) is 30.5 Å². The van der Waals surface area contributed by atoms with Gasteiger partial charge in [0.1, 0.15) is 0 Å². The summed E-state index contributed by atoms with van der Waals surface area (Å²) in [5, 5.41) is 6.17. The highest BCUT2D eigenvalue weighted by Gasteiger charge is 2.11. The van der Waals surface area contributed by atoms with Crippen LogP contribution in [0.25, 0.3) is 0 Å². The van der Waals surface area contributed by atoms with Gasteiger partial charge < -0.3 is 15.4 Å². The van der Waals surface area contributed by atoms with Crippen LogP contribution in [0.1, 0.15) is 22.3 Å². The number of carbonyl (C=O) groups is 1. The number of rotatable bonds is 5. The van der Waals surface area contributed by atoms with Crippen LogP contribution in [-0.4, -0.2) is 13.0 Å². The highest BCUT2D eigenvalue weighted by Crippen LogP contribution is 2.18. The number of methoxy groups -OCH3 is 1. The molecular weight excluding hydrogens is 331 g/mol. The summed E-state index contributed by atoms with van der Waals surface area (Å²) in [5.74, 6) is -0.405. The van der Waals surface area contributed by atoms with Crippen molar-refractivity contribution in [2.75, 3.05) is 7.11 Å². The summed E-state index contributed by atoms with van der Waals surface area (Å²) in [7, 11) is 1.41. The van der Waals surface area contributed by atoms with E-state index in [0.29, 0.717) is 12.1 Å². The Hall–Kier alpha value is -2.11. The third kappa shape index (κ3) is 4.24. The molecule has 2 aromatic carbocycles. The molecule has 1 amide bonds. The van der Waals surface area contributed by atoms with E-state index in [1.807, 2.05) is 6.07 Å². The monoisotopic (exact) mass is 350 g/mol. The highest BCUT2D eigenvalue weighted by molar-refractivity contribution is 5.85. The van der Waals surface area contributed by atoms with Crippen LogP contribution in [0, 0.1) is 5.82 Å². The van der Waals surface area contributed by atoms with Gasteiger partial charge in [0.15, 0.2) is 11.6 Å². The molecule has 0 saturated heterocycles. The molecule has 1 aliphatic rings. The van der Waals surface area contributed by atoms with Gasteiger partial charge in [-0.2, -0.15) is 0 Å². The lowest BCUT2D eigenvalue weighted by atomic mass is 10.1. The molecule has 4 nitrogen and oxygen atoms in total. The van der Waals surface area contributed by atoms with Crippen molar-refractivity contribution in [1.29, 1.82) is 0 Å². The lowest BCUT2D eigenvalue weighted by Crippen LogP contribution is -2.24. The van der Waals surface area contributed by atoms with Crippen molar-refractivity contribution in [3.8, 4) is 5.75 Å². The summed E-state index contributed by atoms with van der Waals surface area (Å²) in [4.78, 5) is 12.0. The van der Waals surface area contributed by atoms with Crippen LogP contribution in [0.5, 0.6) is 5.75 Å². The quantitative estimate of drug-likeness (QED) is 0.871. The Morgan fingerprint density at radius 1 is 1.17 bits per heavy atom. The topological polar surface area (TPSA) is 50.4 Å². The number of carbonyl (C=O) groups excluding carboxylic acids is 1. The van der Waals surface area contributed by atoms with Crippen molar-refractivity contribution in [2.24, 2.45) is 0 Å². The smallest absolute Gasteiger partial charge is 0.224 e. The first-order valence-electron chi connectivity index (χ1n) is 7.56. The molecule has 0 saturated carbocycles. The minimum Gasteiger partial charge on any atom is -0.494 e. The molecule has 6 heteroatoms. The lowest BCUT2D eigenvalue weighted by molar-refractivity contribution is -0.120. The van der Waals surface area contributed by atoms with Crippen molar-refractivity contribution in [3.63, 3.8) is 0 Å². The number of amides is 1. The van der Waals surface area contributed by atoms with E-state index in [1.54, 1.807) is 6.07 Å². The van der Waals surface area contributed by atoms with Crippen molar-refractivity contribution in [2.45, 2.75) is 26.1 Å². The number of nitrogens with one attached hydrogen (secondary N) is 2. The van der Waals surface area contributed by atoms with E-state index < -0.39 is 5.82 Å². The van der Waals surface area contributed by atoms with Gasteiger partial charge in [-0.05, 0) is 34.4 Å². The Balaban J connectivity index is 0.00000208. The van der Waals surface area contributed by atoms with Crippen LogP contribution < -0.4 is 15.4 Å². The first-order chi connectivity index (χ1) is 11.2. The Bertz CT molecular complexity index is 737. The number of benzene rings is 2. The van der Waals surface area contributed by atoms with E-state index in [2.05, 4.69) is 22.8 Å². The van der Waals surface area contributed by atoms with Gasteiger partial charge in [-0.1, -0.05) is 24.3 Å². The molecule has 0 unspecified atom stereocenters. The molecule has 3 rings (SSSR count). The Morgan fingerprint density at radius 3 is 2.67 bits per heavy atom. The molecular formula is C18H20ClFN2O2. The maximum absolute atomic E-state index is 13.6. The second kappa shape index (κ2) is 8.13. The summed E-state index contributed by atoms with van der Waals surface area (Å²) in [5.41, 5.74) is 4.29. The SMILES string of the molecule is COc1ccc(CC(=O)NCc2ccc3c(c2)CNC3)cc1F.Cl. The summed E-state index contributed by atoms with van der Waals surface area (Å²) >= 11 is 0. The summed E-state index contributed by atoms with van der Waals surface area (Å²) in [6, 6.07) is 10.8. The molecule has 2 N–H and O–H groups in total. The third-order valence-electron chi connectivity index (χ3n) is 3.97. The number of fused-ring (bicyclic) bond motifs is 1. The molecule has 1 heterocycles. The van der Waals surface area contributed by atoms with Crippen molar-refractivity contribution < 1.29 is 13.9 Å². The molecule has 0 atom stereocenters. The number of hydrogen-bond acceptors (Lipinski definition) is 3. The number of halogens is 2. The Morgan fingerprint density at radius 2 is 1.92 bits per heavy atom. The van der Waals surface area contributed by atoms with E-state index >= 15 is 0 Å². The molecule has 0 fully saturated rings. The molecule has 0 bridgehead atoms. The molecule has 0 radical (unpaired) electrons. The van der Waals surface area contributed by atoms with Gasteiger partial charge in [0.2, 0.25) is 5.91 Å². The zero-order valence-electron chi connectivity index (χ0n) is 13.4. The predicted octanol–water partition coefficient (Wildman–Crippen LogP) is 2.72. The Labute approximate surface area is 146 Å². The minimum absolute atomic E-state index is 0. The summed E-state index contributed by atoms with van der Waals surface area (Å²) in [6.45, 7) is 2.26. The van der Waals surface area contributed by atoms with Gasteiger partial charge in [-0.3, -0.25) is 4.79 Å². The van der Waals surface area contributed by atoms with Gasteiger partial charge in [0.05, 0.1) is 13.5 Å². The third-order valence-corrected chi connectivity index (χ3v) is 3.97. The van der Waals surface area contributed by atoms with Gasteiger partial charge in [-0.25, -0.2) is 4.39 Å². The summed E-state index contributed by atoms with van der Waals surface area (Å²) in [6.07, 6.45) is 0.146. The highest BCUT2D eigenvalue weighted by atomic mass is 35.5.